The van der Waals surface area contributed by atoms with Gasteiger partial charge in [0.05, 0.1) is 8.95 Å². The molecule has 0 unspecified atom stereocenters. The quantitative estimate of drug-likeness (QED) is 0.505. The minimum atomic E-state index is 0.657. The average molecular weight is 501 g/mol. The summed E-state index contributed by atoms with van der Waals surface area (Å²) in [6.07, 6.45) is 0. The molecular weight excluding hydrogens is 494 g/mol. The molecule has 0 aliphatic carbocycles. The average Bonchev–Trinajstić information content (AvgIpc) is 2.29. The first kappa shape index (κ1) is 14.4. The van der Waals surface area contributed by atoms with Crippen LogP contribution in [-0.2, 0) is 0 Å². The molecule has 2 N–H and O–H groups in total. The third-order valence-electron chi connectivity index (χ3n) is 2.17. The van der Waals surface area contributed by atoms with Crippen molar-refractivity contribution in [2.24, 2.45) is 0 Å². The highest BCUT2D eigenvalue weighted by Gasteiger charge is 2.09. The van der Waals surface area contributed by atoms with Crippen LogP contribution in [0.25, 0.3) is 0 Å². The minimum absolute atomic E-state index is 0.657. The van der Waals surface area contributed by atoms with Crippen molar-refractivity contribution in [3.63, 3.8) is 0 Å². The second kappa shape index (κ2) is 5.94. The maximum absolute atomic E-state index is 5.83. The minimum Gasteiger partial charge on any atom is -0.455 e. The number of hydrogen-bond acceptors (Lipinski definition) is 2. The van der Waals surface area contributed by atoms with Crippen molar-refractivity contribution in [1.82, 2.24) is 0 Å². The van der Waals surface area contributed by atoms with Crippen LogP contribution >= 0.6 is 63.7 Å². The van der Waals surface area contributed by atoms with Crippen LogP contribution in [0.3, 0.4) is 0 Å². The summed E-state index contributed by atoms with van der Waals surface area (Å²) in [6.45, 7) is 0. The van der Waals surface area contributed by atoms with E-state index in [1.807, 2.05) is 24.3 Å². The number of ether oxygens (including phenoxy) is 1. The fraction of sp³-hybridized carbons (Fsp3) is 0. The van der Waals surface area contributed by atoms with Gasteiger partial charge in [-0.3, -0.25) is 0 Å². The van der Waals surface area contributed by atoms with Gasteiger partial charge in [-0.1, -0.05) is 15.9 Å². The predicted molar refractivity (Wildman–Crippen MR) is 88.2 cm³/mol. The summed E-state index contributed by atoms with van der Waals surface area (Å²) >= 11 is 13.7. The van der Waals surface area contributed by atoms with Gasteiger partial charge in [0.2, 0.25) is 0 Å². The van der Waals surface area contributed by atoms with E-state index < -0.39 is 0 Å². The summed E-state index contributed by atoms with van der Waals surface area (Å²) in [6, 6.07) is 9.35. The van der Waals surface area contributed by atoms with Crippen molar-refractivity contribution in [2.45, 2.75) is 0 Å². The lowest BCUT2D eigenvalue weighted by molar-refractivity contribution is 0.476. The van der Waals surface area contributed by atoms with Crippen LogP contribution < -0.4 is 10.5 Å². The molecular formula is C12H7Br4NO. The number of nitrogen functional groups attached to an aromatic ring is 1. The first-order valence-electron chi connectivity index (χ1n) is 4.85. The van der Waals surface area contributed by atoms with Crippen molar-refractivity contribution >= 4 is 69.4 Å². The van der Waals surface area contributed by atoms with Crippen LogP contribution in [-0.4, -0.2) is 0 Å². The van der Waals surface area contributed by atoms with Crippen molar-refractivity contribution in [2.75, 3.05) is 5.73 Å². The molecule has 2 aromatic rings. The number of nitrogens with two attached hydrogens (primary N) is 1. The molecule has 18 heavy (non-hydrogen) atoms. The highest BCUT2D eigenvalue weighted by molar-refractivity contribution is 9.11. The molecule has 0 saturated carbocycles. The summed E-state index contributed by atoms with van der Waals surface area (Å²) in [5.41, 5.74) is 6.44. The third kappa shape index (κ3) is 3.29. The van der Waals surface area contributed by atoms with Gasteiger partial charge in [-0.15, -0.1) is 0 Å². The lowest BCUT2D eigenvalue weighted by Crippen LogP contribution is -1.91. The van der Waals surface area contributed by atoms with Crippen molar-refractivity contribution in [3.8, 4) is 11.5 Å². The molecule has 0 spiro atoms. The van der Waals surface area contributed by atoms with Crippen LogP contribution in [0.15, 0.2) is 48.2 Å². The van der Waals surface area contributed by atoms with Crippen LogP contribution in [0, 0.1) is 0 Å². The zero-order valence-electron chi connectivity index (χ0n) is 8.88. The summed E-state index contributed by atoms with van der Waals surface area (Å²) in [5, 5.41) is 0. The highest BCUT2D eigenvalue weighted by atomic mass is 79.9. The second-order valence-electron chi connectivity index (χ2n) is 3.48. The maximum atomic E-state index is 5.83. The Labute approximate surface area is 138 Å². The Morgan fingerprint density at radius 1 is 0.778 bits per heavy atom. The molecule has 0 saturated heterocycles. The summed E-state index contributed by atoms with van der Waals surface area (Å²) in [4.78, 5) is 0. The Balaban J connectivity index is 2.37. The molecule has 0 atom stereocenters. The van der Waals surface area contributed by atoms with E-state index in [0.29, 0.717) is 11.4 Å². The first-order valence-corrected chi connectivity index (χ1v) is 8.02. The lowest BCUT2D eigenvalue weighted by atomic mass is 10.3. The van der Waals surface area contributed by atoms with E-state index in [-0.39, 0.29) is 0 Å². The number of anilines is 1. The molecule has 94 valence electrons. The monoisotopic (exact) mass is 497 g/mol. The van der Waals surface area contributed by atoms with Crippen molar-refractivity contribution < 1.29 is 4.74 Å². The Kier molecular flexibility index (Phi) is 4.75. The van der Waals surface area contributed by atoms with Crippen LogP contribution in [0.1, 0.15) is 0 Å². The topological polar surface area (TPSA) is 35.2 Å². The Morgan fingerprint density at radius 3 is 2.11 bits per heavy atom. The molecule has 2 nitrogen and oxygen atoms in total. The van der Waals surface area contributed by atoms with E-state index in [1.165, 1.54) is 0 Å². The van der Waals surface area contributed by atoms with E-state index in [9.17, 15) is 0 Å². The first-order chi connectivity index (χ1) is 8.47. The Morgan fingerprint density at radius 2 is 1.44 bits per heavy atom. The largest absolute Gasteiger partial charge is 0.455 e. The van der Waals surface area contributed by atoms with Crippen molar-refractivity contribution in [3.05, 3.63) is 48.2 Å². The molecule has 0 amide bonds. The molecule has 2 aromatic carbocycles. The van der Waals surface area contributed by atoms with Gasteiger partial charge >= 0.3 is 0 Å². The van der Waals surface area contributed by atoms with Gasteiger partial charge in [0.15, 0.2) is 0 Å². The molecule has 0 aromatic heterocycles. The lowest BCUT2D eigenvalue weighted by Gasteiger charge is -2.11. The SMILES string of the molecule is Nc1cc(Br)c(Oc2ccc(Br)cc2Br)cc1Br. The molecule has 0 bridgehead atoms. The predicted octanol–water partition coefficient (Wildman–Crippen LogP) is 6.11. The molecule has 0 fully saturated rings. The maximum Gasteiger partial charge on any atom is 0.142 e. The zero-order valence-corrected chi connectivity index (χ0v) is 15.2. The number of halogens is 4. The van der Waals surface area contributed by atoms with E-state index in [0.717, 1.165) is 23.6 Å². The van der Waals surface area contributed by atoms with Gasteiger partial charge < -0.3 is 10.5 Å². The molecule has 6 heteroatoms. The van der Waals surface area contributed by atoms with Gasteiger partial charge in [-0.25, -0.2) is 0 Å². The van der Waals surface area contributed by atoms with Crippen LogP contribution in [0.2, 0.25) is 0 Å². The molecule has 2 rings (SSSR count). The number of rotatable bonds is 2. The highest BCUT2D eigenvalue weighted by Crippen LogP contribution is 2.38. The van der Waals surface area contributed by atoms with Gasteiger partial charge in [-0.05, 0) is 78.1 Å². The molecule has 0 radical (unpaired) electrons. The second-order valence-corrected chi connectivity index (χ2v) is 6.96. The van der Waals surface area contributed by atoms with E-state index in [2.05, 4.69) is 63.7 Å². The van der Waals surface area contributed by atoms with E-state index in [1.54, 1.807) is 6.07 Å². The van der Waals surface area contributed by atoms with Gasteiger partial charge in [0, 0.05) is 14.6 Å². The standard InChI is InChI=1S/C12H7Br4NO/c13-6-1-2-11(8(15)3-6)18-12-5-7(14)10(17)4-9(12)16/h1-5H,17H2. The number of benzene rings is 2. The summed E-state index contributed by atoms with van der Waals surface area (Å²) in [7, 11) is 0. The zero-order chi connectivity index (χ0) is 13.3. The Bertz CT molecular complexity index is 601. The van der Waals surface area contributed by atoms with E-state index in [4.69, 9.17) is 10.5 Å². The fourth-order valence-corrected chi connectivity index (χ4v) is 3.19. The normalized spacial score (nSPS) is 10.4. The van der Waals surface area contributed by atoms with E-state index >= 15 is 0 Å². The van der Waals surface area contributed by atoms with Crippen molar-refractivity contribution in [1.29, 1.82) is 0 Å². The molecule has 0 aliphatic rings. The molecule has 0 aliphatic heterocycles. The molecule has 0 heterocycles. The summed E-state index contributed by atoms with van der Waals surface area (Å²) in [5.74, 6) is 1.43. The van der Waals surface area contributed by atoms with Crippen LogP contribution in [0.4, 0.5) is 5.69 Å². The third-order valence-corrected chi connectivity index (χ3v) is 4.58. The van der Waals surface area contributed by atoms with Gasteiger partial charge in [0.1, 0.15) is 11.5 Å². The van der Waals surface area contributed by atoms with Gasteiger partial charge in [0.25, 0.3) is 0 Å². The van der Waals surface area contributed by atoms with Gasteiger partial charge in [-0.2, -0.15) is 0 Å². The smallest absolute Gasteiger partial charge is 0.142 e. The number of hydrogen-bond donors (Lipinski definition) is 1. The Hall–Kier alpha value is -0.0400. The fourth-order valence-electron chi connectivity index (χ4n) is 1.30. The van der Waals surface area contributed by atoms with Crippen LogP contribution in [0.5, 0.6) is 11.5 Å². The summed E-state index contributed by atoms with van der Waals surface area (Å²) < 4.78 is 9.29.